The molecule has 1 aromatic heterocycles. The first kappa shape index (κ1) is 17.5. The number of halogens is 3. The van der Waals surface area contributed by atoms with Crippen LogP contribution in [0.5, 0.6) is 0 Å². The van der Waals surface area contributed by atoms with Crippen LogP contribution in [-0.2, 0) is 0 Å². The van der Waals surface area contributed by atoms with Crippen LogP contribution in [0.25, 0.3) is 0 Å². The van der Waals surface area contributed by atoms with Gasteiger partial charge in [0, 0.05) is 6.20 Å². The first-order valence-corrected chi connectivity index (χ1v) is 7.45. The van der Waals surface area contributed by atoms with E-state index in [4.69, 9.17) is 0 Å². The second-order valence-electron chi connectivity index (χ2n) is 5.48. The van der Waals surface area contributed by atoms with Crippen LogP contribution in [0.1, 0.15) is 11.6 Å². The summed E-state index contributed by atoms with van der Waals surface area (Å²) >= 11 is 0. The van der Waals surface area contributed by atoms with Gasteiger partial charge in [-0.25, -0.2) is 0 Å². The average molecular weight is 363 g/mol. The molecule has 0 aliphatic carbocycles. The topological polar surface area (TPSA) is 91.1 Å². The SMILES string of the molecule is O=c1[nH]cccc1Nc1c(NC(c2ccccc2)C(F)(F)F)c(=O)c1=O. The van der Waals surface area contributed by atoms with Gasteiger partial charge in [0.2, 0.25) is 0 Å². The third kappa shape index (κ3) is 3.23. The fourth-order valence-electron chi connectivity index (χ4n) is 2.45. The summed E-state index contributed by atoms with van der Waals surface area (Å²) in [6.07, 6.45) is -3.35. The molecule has 6 nitrogen and oxygen atoms in total. The summed E-state index contributed by atoms with van der Waals surface area (Å²) in [5.74, 6) is 0. The van der Waals surface area contributed by atoms with Crippen LogP contribution >= 0.6 is 0 Å². The molecule has 134 valence electrons. The Morgan fingerprint density at radius 1 is 0.885 bits per heavy atom. The summed E-state index contributed by atoms with van der Waals surface area (Å²) in [4.78, 5) is 37.5. The maximum Gasteiger partial charge on any atom is 0.412 e. The molecule has 0 saturated heterocycles. The summed E-state index contributed by atoms with van der Waals surface area (Å²) in [6, 6.07) is 7.55. The van der Waals surface area contributed by atoms with Gasteiger partial charge in [-0.1, -0.05) is 30.3 Å². The lowest BCUT2D eigenvalue weighted by Gasteiger charge is -2.25. The van der Waals surface area contributed by atoms with Gasteiger partial charge < -0.3 is 15.6 Å². The van der Waals surface area contributed by atoms with E-state index < -0.39 is 34.3 Å². The van der Waals surface area contributed by atoms with Gasteiger partial charge in [-0.15, -0.1) is 0 Å². The quantitative estimate of drug-likeness (QED) is 0.606. The van der Waals surface area contributed by atoms with Gasteiger partial charge in [0.15, 0.2) is 0 Å². The van der Waals surface area contributed by atoms with E-state index in [1.165, 1.54) is 42.6 Å². The van der Waals surface area contributed by atoms with Gasteiger partial charge in [0.1, 0.15) is 23.1 Å². The van der Waals surface area contributed by atoms with E-state index in [-0.39, 0.29) is 16.9 Å². The number of pyridine rings is 1. The van der Waals surface area contributed by atoms with Gasteiger partial charge in [-0.3, -0.25) is 14.4 Å². The number of hydrogen-bond acceptors (Lipinski definition) is 5. The maximum atomic E-state index is 13.4. The largest absolute Gasteiger partial charge is 0.412 e. The highest BCUT2D eigenvalue weighted by atomic mass is 19.4. The zero-order chi connectivity index (χ0) is 18.9. The highest BCUT2D eigenvalue weighted by molar-refractivity contribution is 5.78. The van der Waals surface area contributed by atoms with Crippen molar-refractivity contribution in [3.63, 3.8) is 0 Å². The zero-order valence-corrected chi connectivity index (χ0v) is 13.1. The maximum absolute atomic E-state index is 13.4. The molecule has 0 amide bonds. The molecular weight excluding hydrogens is 351 g/mol. The van der Waals surface area contributed by atoms with Crippen molar-refractivity contribution in [1.29, 1.82) is 0 Å². The number of rotatable bonds is 5. The summed E-state index contributed by atoms with van der Waals surface area (Å²) < 4.78 is 40.2. The molecule has 3 N–H and O–H groups in total. The van der Waals surface area contributed by atoms with Crippen molar-refractivity contribution >= 4 is 17.1 Å². The molecule has 2 aromatic carbocycles. The number of aromatic amines is 1. The lowest BCUT2D eigenvalue weighted by atomic mass is 10.0. The third-order valence-corrected chi connectivity index (χ3v) is 3.74. The summed E-state index contributed by atoms with van der Waals surface area (Å²) in [6.45, 7) is 0. The zero-order valence-electron chi connectivity index (χ0n) is 13.1. The Kier molecular flexibility index (Phi) is 4.37. The van der Waals surface area contributed by atoms with Crippen LogP contribution in [0.15, 0.2) is 63.0 Å². The molecule has 0 aliphatic rings. The van der Waals surface area contributed by atoms with Crippen LogP contribution in [0.2, 0.25) is 0 Å². The van der Waals surface area contributed by atoms with Crippen molar-refractivity contribution in [2.45, 2.75) is 12.2 Å². The van der Waals surface area contributed by atoms with Gasteiger partial charge in [-0.2, -0.15) is 13.2 Å². The minimum Gasteiger partial charge on any atom is -0.365 e. The lowest BCUT2D eigenvalue weighted by molar-refractivity contribution is -0.144. The van der Waals surface area contributed by atoms with Crippen molar-refractivity contribution in [1.82, 2.24) is 4.98 Å². The second kappa shape index (κ2) is 6.51. The molecule has 26 heavy (non-hydrogen) atoms. The smallest absolute Gasteiger partial charge is 0.365 e. The Morgan fingerprint density at radius 3 is 2.15 bits per heavy atom. The Labute approximate surface area is 144 Å². The standard InChI is InChI=1S/C17H12F3N3O3/c18-17(19,20)15(9-5-2-1-3-6-9)23-12-11(13(24)14(12)25)22-10-7-4-8-21-16(10)26/h1-8,15,22-23H,(H,21,26). The van der Waals surface area contributed by atoms with Crippen molar-refractivity contribution in [2.24, 2.45) is 0 Å². The Balaban J connectivity index is 1.96. The lowest BCUT2D eigenvalue weighted by Crippen LogP contribution is -2.40. The van der Waals surface area contributed by atoms with E-state index in [9.17, 15) is 27.6 Å². The minimum atomic E-state index is -4.71. The molecule has 9 heteroatoms. The van der Waals surface area contributed by atoms with Gasteiger partial charge in [0.05, 0.1) is 0 Å². The van der Waals surface area contributed by atoms with Crippen molar-refractivity contribution in [2.75, 3.05) is 10.6 Å². The minimum absolute atomic E-state index is 0.0640. The molecule has 0 fully saturated rings. The highest BCUT2D eigenvalue weighted by Gasteiger charge is 2.42. The van der Waals surface area contributed by atoms with E-state index in [0.29, 0.717) is 0 Å². The molecule has 0 radical (unpaired) electrons. The number of anilines is 3. The highest BCUT2D eigenvalue weighted by Crippen LogP contribution is 2.36. The van der Waals surface area contributed by atoms with E-state index in [0.717, 1.165) is 0 Å². The molecular formula is C17H12F3N3O3. The Morgan fingerprint density at radius 2 is 1.54 bits per heavy atom. The van der Waals surface area contributed by atoms with Crippen molar-refractivity contribution in [3.05, 3.63) is 85.0 Å². The fourth-order valence-corrected chi connectivity index (χ4v) is 2.45. The molecule has 3 aromatic rings. The predicted octanol–water partition coefficient (Wildman–Crippen LogP) is 2.43. The monoisotopic (exact) mass is 363 g/mol. The van der Waals surface area contributed by atoms with E-state index in [2.05, 4.69) is 15.6 Å². The van der Waals surface area contributed by atoms with Gasteiger partial charge in [0.25, 0.3) is 16.4 Å². The molecule has 3 rings (SSSR count). The third-order valence-electron chi connectivity index (χ3n) is 3.74. The molecule has 0 spiro atoms. The van der Waals surface area contributed by atoms with Crippen molar-refractivity contribution < 1.29 is 13.2 Å². The average Bonchev–Trinajstić information content (AvgIpc) is 2.61. The summed E-state index contributed by atoms with van der Waals surface area (Å²) in [5, 5.41) is 4.51. The van der Waals surface area contributed by atoms with Crippen LogP contribution in [0.4, 0.5) is 30.2 Å². The molecule has 1 heterocycles. The molecule has 1 unspecified atom stereocenters. The molecule has 0 saturated carbocycles. The van der Waals surface area contributed by atoms with Gasteiger partial charge >= 0.3 is 6.18 Å². The van der Waals surface area contributed by atoms with E-state index in [1.54, 1.807) is 6.07 Å². The van der Waals surface area contributed by atoms with Crippen LogP contribution in [0.3, 0.4) is 0 Å². The number of nitrogens with one attached hydrogen (secondary N) is 3. The number of alkyl halides is 3. The van der Waals surface area contributed by atoms with Crippen LogP contribution in [-0.4, -0.2) is 11.2 Å². The molecule has 0 bridgehead atoms. The Bertz CT molecular complexity index is 1050. The first-order valence-electron chi connectivity index (χ1n) is 7.45. The number of H-pyrrole nitrogens is 1. The number of benzene rings is 1. The summed E-state index contributed by atoms with van der Waals surface area (Å²) in [5.41, 5.74) is -3.72. The number of aromatic nitrogens is 1. The number of hydrogen-bond donors (Lipinski definition) is 3. The molecule has 1 atom stereocenters. The van der Waals surface area contributed by atoms with E-state index >= 15 is 0 Å². The Hall–Kier alpha value is -3.36. The normalized spacial score (nSPS) is 12.7. The summed E-state index contributed by atoms with van der Waals surface area (Å²) in [7, 11) is 0. The fraction of sp³-hybridized carbons (Fsp3) is 0.118. The first-order chi connectivity index (χ1) is 12.3. The van der Waals surface area contributed by atoms with Crippen LogP contribution in [0, 0.1) is 0 Å². The van der Waals surface area contributed by atoms with Gasteiger partial charge in [-0.05, 0) is 17.7 Å². The van der Waals surface area contributed by atoms with E-state index in [1.807, 2.05) is 0 Å². The predicted molar refractivity (Wildman–Crippen MR) is 90.6 cm³/mol. The molecule has 0 aliphatic heterocycles. The van der Waals surface area contributed by atoms with Crippen LogP contribution < -0.4 is 27.1 Å². The second-order valence-corrected chi connectivity index (χ2v) is 5.48. The van der Waals surface area contributed by atoms with Crippen molar-refractivity contribution in [3.8, 4) is 0 Å².